The van der Waals surface area contributed by atoms with Gasteiger partial charge in [0.05, 0.1) is 0 Å². The molecule has 0 bridgehead atoms. The van der Waals surface area contributed by atoms with Crippen molar-refractivity contribution in [3.63, 3.8) is 0 Å². The Bertz CT molecular complexity index is 646. The quantitative estimate of drug-likeness (QED) is 0.593. The van der Waals surface area contributed by atoms with Crippen molar-refractivity contribution in [3.05, 3.63) is 11.6 Å². The van der Waals surface area contributed by atoms with Crippen LogP contribution >= 0.6 is 25.3 Å². The number of hydrogen-bond donors (Lipinski definition) is 3. The number of thiol groups is 2. The third-order valence-electron chi connectivity index (χ3n) is 9.58. The van der Waals surface area contributed by atoms with E-state index in [0.717, 1.165) is 30.4 Å². The lowest BCUT2D eigenvalue weighted by Gasteiger charge is -2.67. The Hall–Kier alpha value is 0.0700. The molecule has 3 saturated carbocycles. The molecule has 0 aromatic heterocycles. The average Bonchev–Trinajstić information content (AvgIpc) is 2.91. The van der Waals surface area contributed by atoms with Crippen LogP contribution in [0.1, 0.15) is 65.7 Å². The van der Waals surface area contributed by atoms with Crippen molar-refractivity contribution < 1.29 is 9.90 Å². The van der Waals surface area contributed by atoms with Gasteiger partial charge in [0.1, 0.15) is 6.10 Å². The van der Waals surface area contributed by atoms with Crippen LogP contribution in [0, 0.1) is 34.0 Å². The third-order valence-corrected chi connectivity index (χ3v) is 10.9. The number of carbonyl (C=O) groups is 1. The molecule has 4 aliphatic carbocycles. The van der Waals surface area contributed by atoms with Crippen LogP contribution in [0.15, 0.2) is 11.6 Å². The van der Waals surface area contributed by atoms with Crippen LogP contribution in [0.5, 0.6) is 0 Å². The van der Waals surface area contributed by atoms with Gasteiger partial charge >= 0.3 is 0 Å². The molecule has 4 rings (SSSR count). The summed E-state index contributed by atoms with van der Waals surface area (Å²) in [7, 11) is 0. The number of aliphatic hydroxyl groups excluding tert-OH is 1. The van der Waals surface area contributed by atoms with E-state index in [0.29, 0.717) is 17.8 Å². The zero-order chi connectivity index (χ0) is 18.9. The molecular formula is C22H34O2S2. The summed E-state index contributed by atoms with van der Waals surface area (Å²) in [6.07, 6.45) is 8.74. The lowest BCUT2D eigenvalue weighted by Crippen LogP contribution is -2.63. The first kappa shape index (κ1) is 19.4. The number of allylic oxidation sites excluding steroid dienone is 1. The van der Waals surface area contributed by atoms with Gasteiger partial charge in [-0.25, -0.2) is 0 Å². The van der Waals surface area contributed by atoms with Gasteiger partial charge in [-0.05, 0) is 85.0 Å². The van der Waals surface area contributed by atoms with Gasteiger partial charge in [-0.2, -0.15) is 25.3 Å². The van der Waals surface area contributed by atoms with E-state index in [1.807, 2.05) is 0 Å². The number of fused-ring (bicyclic) bond motifs is 5. The fourth-order valence-electron chi connectivity index (χ4n) is 7.85. The van der Waals surface area contributed by atoms with Crippen LogP contribution in [0.3, 0.4) is 0 Å². The Kier molecular flexibility index (Phi) is 4.69. The molecule has 26 heavy (non-hydrogen) atoms. The second kappa shape index (κ2) is 6.29. The molecule has 0 saturated heterocycles. The third kappa shape index (κ3) is 2.27. The zero-order valence-electron chi connectivity index (χ0n) is 16.4. The number of hydrogen-bond acceptors (Lipinski definition) is 4. The van der Waals surface area contributed by atoms with Crippen molar-refractivity contribution in [2.24, 2.45) is 34.0 Å². The van der Waals surface area contributed by atoms with Crippen LogP contribution < -0.4 is 0 Å². The van der Waals surface area contributed by atoms with E-state index in [9.17, 15) is 9.90 Å². The Morgan fingerprint density at radius 1 is 1.23 bits per heavy atom. The topological polar surface area (TPSA) is 37.3 Å². The molecule has 4 aliphatic rings. The Labute approximate surface area is 169 Å². The maximum absolute atomic E-state index is 12.2. The molecule has 1 N–H and O–H groups in total. The Morgan fingerprint density at radius 3 is 2.65 bits per heavy atom. The average molecular weight is 395 g/mol. The van der Waals surface area contributed by atoms with Crippen LogP contribution in [0.2, 0.25) is 0 Å². The first-order chi connectivity index (χ1) is 12.2. The highest BCUT2D eigenvalue weighted by molar-refractivity contribution is 7.84. The molecule has 4 heteroatoms. The number of ketones is 1. The van der Waals surface area contributed by atoms with Crippen LogP contribution in [0.4, 0.5) is 0 Å². The highest BCUT2D eigenvalue weighted by Gasteiger charge is 2.67. The van der Waals surface area contributed by atoms with E-state index >= 15 is 0 Å². The predicted molar refractivity (Wildman–Crippen MR) is 113 cm³/mol. The Balaban J connectivity index is 1.85. The molecule has 0 aliphatic heterocycles. The minimum atomic E-state index is -0.851. The van der Waals surface area contributed by atoms with Crippen LogP contribution in [-0.2, 0) is 4.79 Å². The zero-order valence-corrected chi connectivity index (χ0v) is 18.2. The smallest absolute Gasteiger partial charge is 0.184 e. The molecule has 0 aromatic rings. The number of rotatable bonds is 2. The minimum absolute atomic E-state index is 0.0395. The van der Waals surface area contributed by atoms with Crippen molar-refractivity contribution in [2.75, 3.05) is 5.75 Å². The summed E-state index contributed by atoms with van der Waals surface area (Å²) in [5.74, 6) is 2.83. The van der Waals surface area contributed by atoms with Crippen LogP contribution in [0.25, 0.3) is 0 Å². The molecule has 0 aromatic carbocycles. The minimum Gasteiger partial charge on any atom is -0.385 e. The number of carbonyl (C=O) groups excluding carboxylic acids is 1. The van der Waals surface area contributed by atoms with Gasteiger partial charge in [-0.3, -0.25) is 4.79 Å². The summed E-state index contributed by atoms with van der Waals surface area (Å²) in [4.78, 5) is 12.2. The maximum Gasteiger partial charge on any atom is 0.184 e. The standard InChI is InChI=1S/C22H34O2S2/c1-13-4-6-15-16-7-5-14-10-17(23)18(24)11-21(14,3)22(16,19(26)12-25)9-8-20(13,15)2/h10,13,15-16,18-19,24-26H,4-9,11-12H2,1-3H3/t13?,15-,16-,18?,19?,20+,21-,22+/m0/s1. The summed E-state index contributed by atoms with van der Waals surface area (Å²) < 4.78 is 0. The van der Waals surface area contributed by atoms with Gasteiger partial charge in [0.25, 0.3) is 0 Å². The number of aliphatic hydroxyl groups is 1. The summed E-state index contributed by atoms with van der Waals surface area (Å²) in [5, 5.41) is 10.7. The lowest BCUT2D eigenvalue weighted by atomic mass is 9.38. The summed E-state index contributed by atoms with van der Waals surface area (Å²) >= 11 is 9.80. The van der Waals surface area contributed by atoms with E-state index in [1.165, 1.54) is 31.3 Å². The molecule has 0 radical (unpaired) electrons. The summed E-state index contributed by atoms with van der Waals surface area (Å²) in [6, 6.07) is 0. The van der Waals surface area contributed by atoms with Crippen molar-refractivity contribution >= 4 is 31.0 Å². The second-order valence-electron chi connectivity index (χ2n) is 10.1. The van der Waals surface area contributed by atoms with Gasteiger partial charge in [0.2, 0.25) is 0 Å². The fraction of sp³-hybridized carbons (Fsp3) is 0.864. The molecule has 2 nitrogen and oxygen atoms in total. The molecule has 0 amide bonds. The van der Waals surface area contributed by atoms with Gasteiger partial charge in [0.15, 0.2) is 5.78 Å². The van der Waals surface area contributed by atoms with Gasteiger partial charge in [-0.1, -0.05) is 26.3 Å². The first-order valence-electron chi connectivity index (χ1n) is 10.4. The molecule has 3 fully saturated rings. The SMILES string of the molecule is CC1CC[C@H]2[C@@H]3CCC4=CC(=O)C(O)C[C@]4(C)[C@]3(C(S)CS)CC[C@]12C. The van der Waals surface area contributed by atoms with E-state index in [4.69, 9.17) is 12.6 Å². The molecule has 8 atom stereocenters. The van der Waals surface area contributed by atoms with E-state index in [2.05, 4.69) is 33.4 Å². The van der Waals surface area contributed by atoms with E-state index in [-0.39, 0.29) is 21.9 Å². The van der Waals surface area contributed by atoms with Gasteiger partial charge in [0, 0.05) is 11.0 Å². The Morgan fingerprint density at radius 2 is 1.96 bits per heavy atom. The van der Waals surface area contributed by atoms with Crippen LogP contribution in [-0.4, -0.2) is 28.0 Å². The molecule has 0 heterocycles. The van der Waals surface area contributed by atoms with Crippen molar-refractivity contribution in [1.29, 1.82) is 0 Å². The summed E-state index contributed by atoms with van der Waals surface area (Å²) in [5.41, 5.74) is 1.63. The normalized spacial score (nSPS) is 51.9. The predicted octanol–water partition coefficient (Wildman–Crippen LogP) is 4.72. The largest absolute Gasteiger partial charge is 0.385 e. The molecule has 3 unspecified atom stereocenters. The summed E-state index contributed by atoms with van der Waals surface area (Å²) in [6.45, 7) is 7.30. The highest BCUT2D eigenvalue weighted by Crippen LogP contribution is 2.73. The highest BCUT2D eigenvalue weighted by atomic mass is 32.1. The van der Waals surface area contributed by atoms with E-state index < -0.39 is 6.10 Å². The lowest BCUT2D eigenvalue weighted by molar-refractivity contribution is -0.145. The maximum atomic E-state index is 12.2. The van der Waals surface area contributed by atoms with Crippen molar-refractivity contribution in [1.82, 2.24) is 0 Å². The monoisotopic (exact) mass is 394 g/mol. The second-order valence-corrected chi connectivity index (χ2v) is 11.1. The first-order valence-corrected chi connectivity index (χ1v) is 11.6. The fourth-order valence-corrected chi connectivity index (χ4v) is 8.78. The van der Waals surface area contributed by atoms with Gasteiger partial charge in [-0.15, -0.1) is 0 Å². The molecule has 146 valence electrons. The van der Waals surface area contributed by atoms with Crippen molar-refractivity contribution in [2.45, 2.75) is 77.1 Å². The van der Waals surface area contributed by atoms with E-state index in [1.54, 1.807) is 6.08 Å². The molecular weight excluding hydrogens is 360 g/mol. The van der Waals surface area contributed by atoms with Crippen molar-refractivity contribution in [3.8, 4) is 0 Å². The van der Waals surface area contributed by atoms with Gasteiger partial charge < -0.3 is 5.11 Å². The molecule has 0 spiro atoms.